The smallest absolute Gasteiger partial charge is 0.257 e. The van der Waals surface area contributed by atoms with Crippen molar-refractivity contribution in [1.82, 2.24) is 25.4 Å². The van der Waals surface area contributed by atoms with E-state index in [-0.39, 0.29) is 23.7 Å². The van der Waals surface area contributed by atoms with E-state index >= 15 is 0 Å². The van der Waals surface area contributed by atoms with Crippen LogP contribution in [0.2, 0.25) is 0 Å². The zero-order valence-electron chi connectivity index (χ0n) is 21.2. The fraction of sp³-hybridized carbons (Fsp3) is 0.654. The average Bonchev–Trinajstić information content (AvgIpc) is 2.90. The SMILES string of the molecule is COc1nc(N)c(Br)cc1C(=O)NC1CCN(CC2CCN(C(=O)/C=C/C3CCNCC3)CC2)CC1. The number of ether oxygens (including phenoxy) is 1. The second kappa shape index (κ2) is 12.9. The number of piperidine rings is 3. The van der Waals surface area contributed by atoms with Crippen LogP contribution in [0.25, 0.3) is 0 Å². The number of aromatic nitrogens is 1. The molecule has 3 saturated heterocycles. The molecule has 9 nitrogen and oxygen atoms in total. The van der Waals surface area contributed by atoms with Crippen LogP contribution in [-0.4, -0.2) is 85.6 Å². The van der Waals surface area contributed by atoms with E-state index in [0.29, 0.717) is 27.7 Å². The number of nitrogens with two attached hydrogens (primary N) is 1. The first-order chi connectivity index (χ1) is 17.4. The highest BCUT2D eigenvalue weighted by Gasteiger charge is 2.27. The zero-order chi connectivity index (χ0) is 25.5. The molecule has 2 amide bonds. The molecule has 1 aromatic rings. The fourth-order valence-corrected chi connectivity index (χ4v) is 5.71. The van der Waals surface area contributed by atoms with Crippen LogP contribution in [0.5, 0.6) is 5.88 Å². The quantitative estimate of drug-likeness (QED) is 0.437. The lowest BCUT2D eigenvalue weighted by Crippen LogP contribution is -2.47. The molecule has 0 bridgehead atoms. The highest BCUT2D eigenvalue weighted by Crippen LogP contribution is 2.26. The lowest BCUT2D eigenvalue weighted by molar-refractivity contribution is -0.127. The Morgan fingerprint density at radius 2 is 1.86 bits per heavy atom. The summed E-state index contributed by atoms with van der Waals surface area (Å²) in [4.78, 5) is 34.1. The van der Waals surface area contributed by atoms with Gasteiger partial charge >= 0.3 is 0 Å². The van der Waals surface area contributed by atoms with Crippen LogP contribution in [0.4, 0.5) is 5.82 Å². The lowest BCUT2D eigenvalue weighted by Gasteiger charge is -2.37. The van der Waals surface area contributed by atoms with Crippen molar-refractivity contribution in [3.8, 4) is 5.88 Å². The Morgan fingerprint density at radius 1 is 1.17 bits per heavy atom. The number of anilines is 1. The molecule has 0 unspecified atom stereocenters. The molecule has 3 aliphatic rings. The number of rotatable bonds is 7. The number of amides is 2. The van der Waals surface area contributed by atoms with Crippen molar-refractivity contribution in [3.05, 3.63) is 28.3 Å². The van der Waals surface area contributed by atoms with Crippen molar-refractivity contribution < 1.29 is 14.3 Å². The molecule has 0 aliphatic carbocycles. The van der Waals surface area contributed by atoms with Gasteiger partial charge in [0.15, 0.2) is 0 Å². The number of nitrogen functional groups attached to an aromatic ring is 1. The van der Waals surface area contributed by atoms with Crippen LogP contribution in [-0.2, 0) is 4.79 Å². The summed E-state index contributed by atoms with van der Waals surface area (Å²) in [5.41, 5.74) is 6.19. The molecule has 0 aromatic carbocycles. The van der Waals surface area contributed by atoms with E-state index in [1.807, 2.05) is 11.0 Å². The minimum atomic E-state index is -0.190. The minimum absolute atomic E-state index is 0.126. The Balaban J connectivity index is 1.17. The zero-order valence-corrected chi connectivity index (χ0v) is 22.8. The molecule has 36 heavy (non-hydrogen) atoms. The number of nitrogens with one attached hydrogen (secondary N) is 2. The van der Waals surface area contributed by atoms with Gasteiger partial charge in [-0.25, -0.2) is 0 Å². The molecular weight excluding hydrogens is 524 g/mol. The maximum atomic E-state index is 12.8. The molecule has 4 heterocycles. The predicted molar refractivity (Wildman–Crippen MR) is 144 cm³/mol. The van der Waals surface area contributed by atoms with Gasteiger partial charge < -0.3 is 30.9 Å². The van der Waals surface area contributed by atoms with E-state index in [0.717, 1.165) is 84.3 Å². The summed E-state index contributed by atoms with van der Waals surface area (Å²) in [6.07, 6.45) is 10.1. The largest absolute Gasteiger partial charge is 0.480 e. The first kappa shape index (κ1) is 26.9. The number of halogens is 1. The third-order valence-corrected chi connectivity index (χ3v) is 8.30. The number of hydrogen-bond acceptors (Lipinski definition) is 7. The maximum Gasteiger partial charge on any atom is 0.257 e. The molecule has 3 aliphatic heterocycles. The van der Waals surface area contributed by atoms with Crippen molar-refractivity contribution in [2.45, 2.75) is 44.6 Å². The van der Waals surface area contributed by atoms with Crippen LogP contribution in [0.1, 0.15) is 48.9 Å². The van der Waals surface area contributed by atoms with Gasteiger partial charge in [-0.3, -0.25) is 9.59 Å². The summed E-state index contributed by atoms with van der Waals surface area (Å²) in [5.74, 6) is 1.66. The first-order valence-corrected chi connectivity index (χ1v) is 13.9. The molecule has 1 aromatic heterocycles. The third-order valence-electron chi connectivity index (χ3n) is 7.67. The number of nitrogens with zero attached hydrogens (tertiary/aromatic N) is 3. The normalized spacial score (nSPS) is 21.1. The van der Waals surface area contributed by atoms with Gasteiger partial charge in [0.05, 0.1) is 11.6 Å². The summed E-state index contributed by atoms with van der Waals surface area (Å²) in [5, 5.41) is 6.50. The molecule has 198 valence electrons. The molecule has 0 radical (unpaired) electrons. The number of likely N-dealkylation sites (tertiary alicyclic amines) is 2. The summed E-state index contributed by atoms with van der Waals surface area (Å²) in [6, 6.07) is 1.78. The van der Waals surface area contributed by atoms with Crippen molar-refractivity contribution in [3.63, 3.8) is 0 Å². The average molecular weight is 564 g/mol. The van der Waals surface area contributed by atoms with Crippen molar-refractivity contribution >= 4 is 33.6 Å². The predicted octanol–water partition coefficient (Wildman–Crippen LogP) is 2.42. The van der Waals surface area contributed by atoms with E-state index in [4.69, 9.17) is 10.5 Å². The van der Waals surface area contributed by atoms with E-state index < -0.39 is 0 Å². The monoisotopic (exact) mass is 562 g/mol. The van der Waals surface area contributed by atoms with Gasteiger partial charge in [0, 0.05) is 38.8 Å². The molecule has 10 heteroatoms. The summed E-state index contributed by atoms with van der Waals surface area (Å²) >= 11 is 3.34. The molecule has 4 N–H and O–H groups in total. The summed E-state index contributed by atoms with van der Waals surface area (Å²) in [6.45, 7) is 6.78. The standard InChI is InChI=1S/C26H39BrN6O3/c1-36-26-21(16-22(27)24(28)31-26)25(35)30-20-8-12-32(13-9-20)17-19-6-14-33(15-7-19)23(34)3-2-18-4-10-29-11-5-18/h2-3,16,18-20,29H,4-15,17H2,1H3,(H2,28,31)(H,30,35)/b3-2+. The fourth-order valence-electron chi connectivity index (χ4n) is 5.39. The number of carbonyl (C=O) groups is 2. The number of allylic oxidation sites excluding steroid dienone is 1. The van der Waals surface area contributed by atoms with Gasteiger partial charge in [0.2, 0.25) is 11.8 Å². The molecule has 0 atom stereocenters. The number of hydrogen-bond donors (Lipinski definition) is 3. The first-order valence-electron chi connectivity index (χ1n) is 13.1. The topological polar surface area (TPSA) is 113 Å². The van der Waals surface area contributed by atoms with E-state index in [9.17, 15) is 9.59 Å². The molecular formula is C26H39BrN6O3. The molecule has 0 spiro atoms. The third kappa shape index (κ3) is 7.20. The van der Waals surface area contributed by atoms with Crippen LogP contribution in [0.3, 0.4) is 0 Å². The highest BCUT2D eigenvalue weighted by atomic mass is 79.9. The second-order valence-corrected chi connectivity index (χ2v) is 11.0. The van der Waals surface area contributed by atoms with Gasteiger partial charge in [-0.05, 0) is 91.5 Å². The van der Waals surface area contributed by atoms with Crippen molar-refractivity contribution in [2.75, 3.05) is 58.7 Å². The van der Waals surface area contributed by atoms with Crippen LogP contribution in [0.15, 0.2) is 22.7 Å². The van der Waals surface area contributed by atoms with Crippen molar-refractivity contribution in [2.24, 2.45) is 11.8 Å². The minimum Gasteiger partial charge on any atom is -0.480 e. The Hall–Kier alpha value is -2.17. The number of carbonyl (C=O) groups excluding carboxylic acids is 2. The Bertz CT molecular complexity index is 936. The van der Waals surface area contributed by atoms with Crippen molar-refractivity contribution in [1.29, 1.82) is 0 Å². The van der Waals surface area contributed by atoms with E-state index in [1.165, 1.54) is 7.11 Å². The summed E-state index contributed by atoms with van der Waals surface area (Å²) < 4.78 is 5.82. The van der Waals surface area contributed by atoms with Crippen LogP contribution >= 0.6 is 15.9 Å². The highest BCUT2D eigenvalue weighted by molar-refractivity contribution is 9.10. The summed E-state index contributed by atoms with van der Waals surface area (Å²) in [7, 11) is 1.48. The molecule has 3 fully saturated rings. The Kier molecular flexibility index (Phi) is 9.61. The molecule has 4 rings (SSSR count). The van der Waals surface area contributed by atoms with Gasteiger partial charge in [-0.1, -0.05) is 6.08 Å². The lowest BCUT2D eigenvalue weighted by atomic mass is 9.94. The Morgan fingerprint density at radius 3 is 2.53 bits per heavy atom. The van der Waals surface area contributed by atoms with Crippen LogP contribution in [0, 0.1) is 11.8 Å². The van der Waals surface area contributed by atoms with Crippen LogP contribution < -0.4 is 21.1 Å². The Labute approximate surface area is 222 Å². The van der Waals surface area contributed by atoms with E-state index in [2.05, 4.69) is 42.5 Å². The number of pyridine rings is 1. The van der Waals surface area contributed by atoms with Gasteiger partial charge in [-0.15, -0.1) is 0 Å². The second-order valence-electron chi connectivity index (χ2n) is 10.2. The maximum absolute atomic E-state index is 12.8. The van der Waals surface area contributed by atoms with Gasteiger partial charge in [-0.2, -0.15) is 4.98 Å². The van der Waals surface area contributed by atoms with E-state index in [1.54, 1.807) is 6.07 Å². The number of methoxy groups -OCH3 is 1. The molecule has 0 saturated carbocycles. The van der Waals surface area contributed by atoms with Gasteiger partial charge in [0.1, 0.15) is 11.4 Å². The van der Waals surface area contributed by atoms with Gasteiger partial charge in [0.25, 0.3) is 5.91 Å².